The lowest BCUT2D eigenvalue weighted by Gasteiger charge is -2.35. The number of alkyl halides is 4. The van der Waals surface area contributed by atoms with Crippen molar-refractivity contribution in [1.29, 1.82) is 0 Å². The van der Waals surface area contributed by atoms with Gasteiger partial charge in [0, 0.05) is 28.8 Å². The summed E-state index contributed by atoms with van der Waals surface area (Å²) in [5.41, 5.74) is -1.60. The standard InChI is InChI=1S/C35H35F5N5O/c1-24-16-17-34(37,33(46)27-12-7-4-8-13-27)25(2)29(24)21-44-22-42-45(23-44)19-9-18-41-31-15-14-28(20-30(31)36)43-32(35(38,39)40)26-10-5-3-6-11-26/h3-8,10-17,20,22-24,29,32,41,43H,2,9,18-19,21H2,1H3/q+1. The van der Waals surface area contributed by atoms with Gasteiger partial charge in [0.05, 0.1) is 12.2 Å². The van der Waals surface area contributed by atoms with Crippen LogP contribution in [0.25, 0.3) is 0 Å². The molecule has 1 aliphatic rings. The number of aromatic nitrogens is 3. The number of benzene rings is 3. The van der Waals surface area contributed by atoms with E-state index >= 15 is 4.39 Å². The SMILES string of the molecule is C=C1C(C[n+]2cnn(CCCNc3ccc(NC(c4ccccc4)C(F)(F)F)cc3F)c2)C(C)C=CC1(F)C(=O)c1ccccc1. The quantitative estimate of drug-likeness (QED) is 0.0556. The normalized spacial score (nSPS) is 20.3. The van der Waals surface area contributed by atoms with Crippen molar-refractivity contribution in [2.24, 2.45) is 11.8 Å². The van der Waals surface area contributed by atoms with Gasteiger partial charge in [-0.1, -0.05) is 80.2 Å². The predicted octanol–water partition coefficient (Wildman–Crippen LogP) is 7.50. The molecule has 4 aromatic rings. The largest absolute Gasteiger partial charge is 0.412 e. The predicted molar refractivity (Wildman–Crippen MR) is 166 cm³/mol. The first-order chi connectivity index (χ1) is 22.0. The summed E-state index contributed by atoms with van der Waals surface area (Å²) in [4.78, 5) is 13.1. The second-order valence-electron chi connectivity index (χ2n) is 11.5. The lowest BCUT2D eigenvalue weighted by molar-refractivity contribution is -0.703. The van der Waals surface area contributed by atoms with E-state index in [2.05, 4.69) is 22.3 Å². The van der Waals surface area contributed by atoms with Gasteiger partial charge in [-0.05, 0) is 47.8 Å². The molecule has 5 rings (SSSR count). The third kappa shape index (κ3) is 7.35. The molecule has 0 radical (unpaired) electrons. The number of aryl methyl sites for hydroxylation is 1. The summed E-state index contributed by atoms with van der Waals surface area (Å²) in [5, 5.41) is 9.74. The molecule has 0 spiro atoms. The molecule has 4 atom stereocenters. The molecule has 0 fully saturated rings. The zero-order valence-corrected chi connectivity index (χ0v) is 25.2. The number of rotatable bonds is 12. The van der Waals surface area contributed by atoms with Gasteiger partial charge < -0.3 is 10.6 Å². The molecule has 1 aliphatic carbocycles. The van der Waals surface area contributed by atoms with Crippen LogP contribution in [-0.2, 0) is 13.1 Å². The highest BCUT2D eigenvalue weighted by atomic mass is 19.4. The Morgan fingerprint density at radius 2 is 1.78 bits per heavy atom. The second kappa shape index (κ2) is 13.7. The summed E-state index contributed by atoms with van der Waals surface area (Å²) in [6.45, 7) is 7.21. The third-order valence-electron chi connectivity index (χ3n) is 8.20. The average molecular weight is 637 g/mol. The Morgan fingerprint density at radius 1 is 1.09 bits per heavy atom. The fraction of sp³-hybridized carbons (Fsp3) is 0.286. The maximum absolute atomic E-state index is 16.1. The summed E-state index contributed by atoms with van der Waals surface area (Å²) in [7, 11) is 0. The van der Waals surface area contributed by atoms with Gasteiger partial charge in [0.1, 0.15) is 18.4 Å². The van der Waals surface area contributed by atoms with Gasteiger partial charge in [0.15, 0.2) is 0 Å². The van der Waals surface area contributed by atoms with Crippen molar-refractivity contribution >= 4 is 17.2 Å². The molecule has 46 heavy (non-hydrogen) atoms. The Morgan fingerprint density at radius 3 is 2.46 bits per heavy atom. The number of nitrogens with zero attached hydrogens (tertiary/aromatic N) is 3. The Balaban J connectivity index is 1.14. The average Bonchev–Trinajstić information content (AvgIpc) is 3.50. The molecular formula is C35H35F5N5O+. The fourth-order valence-electron chi connectivity index (χ4n) is 5.59. The zero-order valence-electron chi connectivity index (χ0n) is 25.2. The van der Waals surface area contributed by atoms with E-state index in [4.69, 9.17) is 0 Å². The Kier molecular flexibility index (Phi) is 9.69. The van der Waals surface area contributed by atoms with Gasteiger partial charge in [0.2, 0.25) is 17.8 Å². The van der Waals surface area contributed by atoms with Crippen molar-refractivity contribution in [2.45, 2.75) is 44.3 Å². The van der Waals surface area contributed by atoms with Gasteiger partial charge in [-0.2, -0.15) is 13.2 Å². The summed E-state index contributed by atoms with van der Waals surface area (Å²) >= 11 is 0. The molecule has 11 heteroatoms. The minimum absolute atomic E-state index is 0.00946. The molecule has 3 aromatic carbocycles. The van der Waals surface area contributed by atoms with E-state index in [9.17, 15) is 22.4 Å². The van der Waals surface area contributed by atoms with Crippen molar-refractivity contribution < 1.29 is 31.3 Å². The Labute approximate surface area is 264 Å². The smallest absolute Gasteiger partial charge is 0.383 e. The van der Waals surface area contributed by atoms with E-state index in [0.717, 1.165) is 6.07 Å². The molecule has 0 aliphatic heterocycles. The van der Waals surface area contributed by atoms with Crippen molar-refractivity contribution in [1.82, 2.24) is 9.78 Å². The number of halogens is 5. The molecule has 4 unspecified atom stereocenters. The molecule has 2 N–H and O–H groups in total. The van der Waals surface area contributed by atoms with Gasteiger partial charge in [-0.3, -0.25) is 4.79 Å². The number of carbonyl (C=O) groups is 1. The third-order valence-corrected chi connectivity index (χ3v) is 8.20. The number of hydrogen-bond donors (Lipinski definition) is 2. The van der Waals surface area contributed by atoms with E-state index in [0.29, 0.717) is 26.1 Å². The first-order valence-electron chi connectivity index (χ1n) is 15.0. The molecule has 1 heterocycles. The molecular weight excluding hydrogens is 601 g/mol. The minimum atomic E-state index is -4.57. The van der Waals surface area contributed by atoms with Crippen LogP contribution in [0, 0.1) is 17.7 Å². The zero-order chi connectivity index (χ0) is 32.9. The highest BCUT2D eigenvalue weighted by Crippen LogP contribution is 2.40. The van der Waals surface area contributed by atoms with Gasteiger partial charge in [-0.25, -0.2) is 13.3 Å². The topological polar surface area (TPSA) is 62.8 Å². The molecule has 1 aromatic heterocycles. The molecule has 0 bridgehead atoms. The van der Waals surface area contributed by atoms with Crippen LogP contribution in [0.2, 0.25) is 0 Å². The van der Waals surface area contributed by atoms with Crippen LogP contribution in [-0.4, -0.2) is 34.0 Å². The van der Waals surface area contributed by atoms with Gasteiger partial charge in [-0.15, -0.1) is 4.68 Å². The van der Waals surface area contributed by atoms with Crippen LogP contribution in [0.5, 0.6) is 0 Å². The van der Waals surface area contributed by atoms with Crippen LogP contribution in [0.15, 0.2) is 116 Å². The molecule has 0 saturated heterocycles. The van der Waals surface area contributed by atoms with Gasteiger partial charge in [0.25, 0.3) is 6.33 Å². The first-order valence-corrected chi connectivity index (χ1v) is 15.0. The van der Waals surface area contributed by atoms with Crippen molar-refractivity contribution in [3.63, 3.8) is 0 Å². The van der Waals surface area contributed by atoms with Crippen molar-refractivity contribution in [3.8, 4) is 0 Å². The highest BCUT2D eigenvalue weighted by molar-refractivity contribution is 6.06. The number of hydrogen-bond acceptors (Lipinski definition) is 4. The lowest BCUT2D eigenvalue weighted by Crippen LogP contribution is -2.46. The van der Waals surface area contributed by atoms with E-state index < -0.39 is 29.5 Å². The van der Waals surface area contributed by atoms with Crippen LogP contribution in [0.1, 0.15) is 35.3 Å². The van der Waals surface area contributed by atoms with Crippen LogP contribution < -0.4 is 15.2 Å². The molecule has 0 saturated carbocycles. The van der Waals surface area contributed by atoms with Crippen molar-refractivity contribution in [3.05, 3.63) is 133 Å². The fourth-order valence-corrected chi connectivity index (χ4v) is 5.59. The minimum Gasteiger partial charge on any atom is -0.383 e. The maximum Gasteiger partial charge on any atom is 0.412 e. The monoisotopic (exact) mass is 636 g/mol. The number of Topliss-reactive ketones (excluding diaryl/α,β-unsaturated/α-hetero) is 1. The van der Waals surface area contributed by atoms with Crippen molar-refractivity contribution in [2.75, 3.05) is 17.2 Å². The van der Waals surface area contributed by atoms with E-state index in [1.54, 1.807) is 59.8 Å². The number of nitrogens with one attached hydrogen (secondary N) is 2. The van der Waals surface area contributed by atoms with E-state index in [1.807, 2.05) is 11.5 Å². The Bertz CT molecular complexity index is 1690. The van der Waals surface area contributed by atoms with Crippen LogP contribution in [0.4, 0.5) is 33.3 Å². The maximum atomic E-state index is 16.1. The number of ketones is 1. The van der Waals surface area contributed by atoms with Crippen LogP contribution >= 0.6 is 0 Å². The Hall–Kier alpha value is -4.80. The summed E-state index contributed by atoms with van der Waals surface area (Å²) in [6, 6.07) is 17.6. The number of carbonyl (C=O) groups excluding carboxylic acids is 1. The number of anilines is 2. The van der Waals surface area contributed by atoms with Gasteiger partial charge >= 0.3 is 6.18 Å². The summed E-state index contributed by atoms with van der Waals surface area (Å²) < 4.78 is 75.4. The molecule has 6 nitrogen and oxygen atoms in total. The van der Waals surface area contributed by atoms with E-state index in [1.165, 1.54) is 42.5 Å². The molecule has 240 valence electrons. The second-order valence-corrected chi connectivity index (χ2v) is 11.5. The van der Waals surface area contributed by atoms with E-state index in [-0.39, 0.29) is 39.9 Å². The van der Waals surface area contributed by atoms with Crippen LogP contribution in [0.3, 0.4) is 0 Å². The number of allylic oxidation sites excluding steroid dienone is 3. The summed E-state index contributed by atoms with van der Waals surface area (Å²) in [6.07, 6.45) is 2.43. The lowest BCUT2D eigenvalue weighted by atomic mass is 9.72. The first kappa shape index (κ1) is 32.6. The summed E-state index contributed by atoms with van der Waals surface area (Å²) in [5.74, 6) is -1.71. The highest BCUT2D eigenvalue weighted by Gasteiger charge is 2.46. The molecule has 0 amide bonds.